The number of thiophene rings is 1. The van der Waals surface area contributed by atoms with Crippen molar-refractivity contribution in [3.05, 3.63) is 94.2 Å². The molecule has 2 aromatic carbocycles. The molecule has 9 heteroatoms. The van der Waals surface area contributed by atoms with E-state index in [1.807, 2.05) is 36.4 Å². The van der Waals surface area contributed by atoms with Crippen molar-refractivity contribution in [3.8, 4) is 0 Å². The number of thioether (sulfide) groups is 1. The van der Waals surface area contributed by atoms with E-state index in [-0.39, 0.29) is 29.6 Å². The molecule has 176 valence electrons. The molecule has 0 saturated heterocycles. The summed E-state index contributed by atoms with van der Waals surface area (Å²) in [5.41, 5.74) is 3.00. The third kappa shape index (κ3) is 4.96. The SMILES string of the molecule is CCc1cccc(NC(=O)CSc2nc3c(sc4ncccc43)c(=O)n2Cc2ccc(F)cc2)c1. The van der Waals surface area contributed by atoms with E-state index in [1.54, 1.807) is 22.9 Å². The summed E-state index contributed by atoms with van der Waals surface area (Å²) in [5, 5.41) is 4.14. The molecule has 0 saturated carbocycles. The van der Waals surface area contributed by atoms with Crippen molar-refractivity contribution in [2.24, 2.45) is 0 Å². The van der Waals surface area contributed by atoms with E-state index in [2.05, 4.69) is 17.2 Å². The van der Waals surface area contributed by atoms with Crippen LogP contribution in [0.4, 0.5) is 10.1 Å². The number of fused-ring (bicyclic) bond motifs is 3. The Hall–Kier alpha value is -3.56. The van der Waals surface area contributed by atoms with E-state index in [0.29, 0.717) is 15.4 Å². The lowest BCUT2D eigenvalue weighted by Crippen LogP contribution is -2.24. The van der Waals surface area contributed by atoms with Crippen LogP contribution in [0.25, 0.3) is 20.4 Å². The summed E-state index contributed by atoms with van der Waals surface area (Å²) in [6, 6.07) is 17.4. The molecule has 0 radical (unpaired) electrons. The van der Waals surface area contributed by atoms with Gasteiger partial charge in [-0.05, 0) is 53.9 Å². The summed E-state index contributed by atoms with van der Waals surface area (Å²) in [6.45, 7) is 2.27. The Balaban J connectivity index is 1.49. The molecule has 0 aliphatic rings. The van der Waals surface area contributed by atoms with Crippen LogP contribution in [-0.2, 0) is 17.8 Å². The topological polar surface area (TPSA) is 76.9 Å². The van der Waals surface area contributed by atoms with Crippen molar-refractivity contribution in [3.63, 3.8) is 0 Å². The molecule has 3 aromatic heterocycles. The normalized spacial score (nSPS) is 11.3. The van der Waals surface area contributed by atoms with Gasteiger partial charge in [0.15, 0.2) is 5.16 Å². The molecule has 1 N–H and O–H groups in total. The predicted octanol–water partition coefficient (Wildman–Crippen LogP) is 5.49. The number of hydrogen-bond donors (Lipinski definition) is 1. The third-order valence-electron chi connectivity index (χ3n) is 5.52. The number of carbonyl (C=O) groups is 1. The standard InChI is InChI=1S/C26H21FN4O2S2/c1-2-16-5-3-6-19(13-16)29-21(32)15-34-26-30-22-20-7-4-12-28-24(20)35-23(22)25(33)31(26)14-17-8-10-18(27)11-9-17/h3-13H,2,14-15H2,1H3,(H,29,32). The van der Waals surface area contributed by atoms with Crippen molar-refractivity contribution in [2.45, 2.75) is 25.0 Å². The number of pyridine rings is 1. The highest BCUT2D eigenvalue weighted by molar-refractivity contribution is 7.99. The van der Waals surface area contributed by atoms with Crippen LogP contribution in [0.2, 0.25) is 0 Å². The maximum absolute atomic E-state index is 13.5. The van der Waals surface area contributed by atoms with Crippen LogP contribution in [-0.4, -0.2) is 26.2 Å². The number of amides is 1. The molecule has 35 heavy (non-hydrogen) atoms. The zero-order chi connectivity index (χ0) is 24.4. The number of benzene rings is 2. The van der Waals surface area contributed by atoms with Crippen LogP contribution >= 0.6 is 23.1 Å². The van der Waals surface area contributed by atoms with E-state index >= 15 is 0 Å². The molecule has 5 aromatic rings. The van der Waals surface area contributed by atoms with Gasteiger partial charge in [-0.25, -0.2) is 14.4 Å². The molecule has 0 spiro atoms. The first kappa shape index (κ1) is 23.2. The highest BCUT2D eigenvalue weighted by atomic mass is 32.2. The largest absolute Gasteiger partial charge is 0.325 e. The third-order valence-corrected chi connectivity index (χ3v) is 7.59. The molecule has 0 aliphatic carbocycles. The number of aryl methyl sites for hydroxylation is 1. The lowest BCUT2D eigenvalue weighted by Gasteiger charge is -2.12. The minimum Gasteiger partial charge on any atom is -0.325 e. The Bertz CT molecular complexity index is 1600. The zero-order valence-electron chi connectivity index (χ0n) is 18.8. The van der Waals surface area contributed by atoms with Gasteiger partial charge in [-0.1, -0.05) is 43.0 Å². The average molecular weight is 505 g/mol. The summed E-state index contributed by atoms with van der Waals surface area (Å²) < 4.78 is 15.5. The zero-order valence-corrected chi connectivity index (χ0v) is 20.5. The molecule has 3 heterocycles. The number of aromatic nitrogens is 3. The van der Waals surface area contributed by atoms with Gasteiger partial charge in [0, 0.05) is 17.3 Å². The predicted molar refractivity (Wildman–Crippen MR) is 140 cm³/mol. The Kier molecular flexibility index (Phi) is 6.61. The molecule has 5 rings (SSSR count). The Morgan fingerprint density at radius 2 is 1.94 bits per heavy atom. The molecule has 0 fully saturated rings. The maximum Gasteiger partial charge on any atom is 0.272 e. The average Bonchev–Trinajstić information content (AvgIpc) is 3.25. The summed E-state index contributed by atoms with van der Waals surface area (Å²) >= 11 is 2.50. The van der Waals surface area contributed by atoms with Crippen molar-refractivity contribution in [2.75, 3.05) is 11.1 Å². The van der Waals surface area contributed by atoms with Crippen molar-refractivity contribution in [1.82, 2.24) is 14.5 Å². The van der Waals surface area contributed by atoms with E-state index in [0.717, 1.165) is 33.5 Å². The van der Waals surface area contributed by atoms with E-state index < -0.39 is 0 Å². The second-order valence-corrected chi connectivity index (χ2v) is 9.88. The second-order valence-electron chi connectivity index (χ2n) is 7.94. The van der Waals surface area contributed by atoms with Crippen LogP contribution in [0.5, 0.6) is 0 Å². The van der Waals surface area contributed by atoms with E-state index in [1.165, 1.54) is 35.2 Å². The smallest absolute Gasteiger partial charge is 0.272 e. The molecular formula is C26H21FN4O2S2. The maximum atomic E-state index is 13.5. The molecule has 0 bridgehead atoms. The van der Waals surface area contributed by atoms with Gasteiger partial charge >= 0.3 is 0 Å². The first-order chi connectivity index (χ1) is 17.0. The number of hydrogen-bond acceptors (Lipinski definition) is 6. The monoisotopic (exact) mass is 504 g/mol. The highest BCUT2D eigenvalue weighted by Gasteiger charge is 2.18. The second kappa shape index (κ2) is 9.97. The quantitative estimate of drug-likeness (QED) is 0.234. The van der Waals surface area contributed by atoms with Gasteiger partial charge in [0.2, 0.25) is 5.91 Å². The fraction of sp³-hybridized carbons (Fsp3) is 0.154. The number of rotatable bonds is 7. The lowest BCUT2D eigenvalue weighted by atomic mass is 10.1. The van der Waals surface area contributed by atoms with Crippen LogP contribution < -0.4 is 10.9 Å². The van der Waals surface area contributed by atoms with Gasteiger partial charge < -0.3 is 5.32 Å². The van der Waals surface area contributed by atoms with Crippen molar-refractivity contribution < 1.29 is 9.18 Å². The number of halogens is 1. The van der Waals surface area contributed by atoms with Gasteiger partial charge in [-0.2, -0.15) is 0 Å². The Labute approximate surface area is 208 Å². The summed E-state index contributed by atoms with van der Waals surface area (Å²) in [5.74, 6) is -0.454. The first-order valence-corrected chi connectivity index (χ1v) is 12.9. The van der Waals surface area contributed by atoms with Gasteiger partial charge in [0.05, 0.1) is 17.8 Å². The van der Waals surface area contributed by atoms with Gasteiger partial charge in [-0.15, -0.1) is 11.3 Å². The molecule has 0 aliphatic heterocycles. The minimum atomic E-state index is -0.344. The Morgan fingerprint density at radius 1 is 1.11 bits per heavy atom. The summed E-state index contributed by atoms with van der Waals surface area (Å²) in [7, 11) is 0. The molecule has 1 amide bonds. The van der Waals surface area contributed by atoms with Gasteiger partial charge in [-0.3, -0.25) is 14.2 Å². The number of nitrogens with zero attached hydrogens (tertiary/aromatic N) is 3. The summed E-state index contributed by atoms with van der Waals surface area (Å²) in [6.07, 6.45) is 2.56. The van der Waals surface area contributed by atoms with Crippen molar-refractivity contribution in [1.29, 1.82) is 0 Å². The van der Waals surface area contributed by atoms with Crippen LogP contribution in [0.3, 0.4) is 0 Å². The van der Waals surface area contributed by atoms with E-state index in [9.17, 15) is 14.0 Å². The molecule has 0 atom stereocenters. The van der Waals surface area contributed by atoms with E-state index in [4.69, 9.17) is 4.98 Å². The molecular weight excluding hydrogens is 483 g/mol. The fourth-order valence-electron chi connectivity index (χ4n) is 3.76. The molecule has 6 nitrogen and oxygen atoms in total. The Morgan fingerprint density at radius 3 is 2.74 bits per heavy atom. The number of anilines is 1. The highest BCUT2D eigenvalue weighted by Crippen LogP contribution is 2.30. The summed E-state index contributed by atoms with van der Waals surface area (Å²) in [4.78, 5) is 36.1. The number of nitrogens with one attached hydrogen (secondary N) is 1. The van der Waals surface area contributed by atoms with Crippen LogP contribution in [0.15, 0.2) is 76.8 Å². The first-order valence-electron chi connectivity index (χ1n) is 11.1. The fourth-order valence-corrected chi connectivity index (χ4v) is 5.58. The van der Waals surface area contributed by atoms with Crippen molar-refractivity contribution >= 4 is 55.1 Å². The van der Waals surface area contributed by atoms with Gasteiger partial charge in [0.1, 0.15) is 15.3 Å². The van der Waals surface area contributed by atoms with Crippen LogP contribution in [0, 0.1) is 5.82 Å². The van der Waals surface area contributed by atoms with Gasteiger partial charge in [0.25, 0.3) is 5.56 Å². The lowest BCUT2D eigenvalue weighted by molar-refractivity contribution is -0.113. The number of carbonyl (C=O) groups excluding carboxylic acids is 1. The molecule has 0 unspecified atom stereocenters. The minimum absolute atomic E-state index is 0.0814. The van der Waals surface area contributed by atoms with Crippen LogP contribution in [0.1, 0.15) is 18.1 Å².